The Bertz CT molecular complexity index is 930. The summed E-state index contributed by atoms with van der Waals surface area (Å²) in [5.74, 6) is -0.530. The summed E-state index contributed by atoms with van der Waals surface area (Å²) < 4.78 is 17.1. The average Bonchev–Trinajstić information content (AvgIpc) is 3.11. The molecule has 0 radical (unpaired) electrons. The van der Waals surface area contributed by atoms with Crippen molar-refractivity contribution in [2.45, 2.75) is 38.4 Å². The van der Waals surface area contributed by atoms with Gasteiger partial charge in [0.15, 0.2) is 17.1 Å². The predicted octanol–water partition coefficient (Wildman–Crippen LogP) is 3.72. The van der Waals surface area contributed by atoms with Crippen LogP contribution in [0.25, 0.3) is 0 Å². The van der Waals surface area contributed by atoms with Crippen LogP contribution in [0, 0.1) is 11.8 Å². The number of carbonyl (C=O) groups excluding carboxylic acids is 2. The Labute approximate surface area is 163 Å². The van der Waals surface area contributed by atoms with E-state index in [0.717, 1.165) is 5.56 Å². The third-order valence-corrected chi connectivity index (χ3v) is 5.79. The number of nitrogens with zero attached hydrogens (tertiary/aromatic N) is 1. The number of aromatic nitrogens is 1. The first-order chi connectivity index (χ1) is 13.5. The lowest BCUT2D eigenvalue weighted by Crippen LogP contribution is -2.59. The van der Waals surface area contributed by atoms with Gasteiger partial charge in [-0.3, -0.25) is 9.59 Å². The van der Waals surface area contributed by atoms with Gasteiger partial charge in [0.2, 0.25) is 5.78 Å². The fourth-order valence-corrected chi connectivity index (χ4v) is 4.50. The van der Waals surface area contributed by atoms with Crippen LogP contribution in [0.2, 0.25) is 0 Å². The first-order valence-electron chi connectivity index (χ1n) is 9.48. The van der Waals surface area contributed by atoms with Crippen LogP contribution in [0.4, 0.5) is 0 Å². The van der Waals surface area contributed by atoms with E-state index >= 15 is 0 Å². The second kappa shape index (κ2) is 7.02. The standard InChI is InChI=1S/C22H23NO5/c1-13(2)17-15-10-7-11-16(24)22(15,26-3)20(25)18-19(17)28-23-21(18)27-12-14-8-5-4-6-9-14/h4-9,11,13,15,17H,10,12H2,1-3H3. The van der Waals surface area contributed by atoms with Gasteiger partial charge in [0.05, 0.1) is 0 Å². The number of rotatable bonds is 5. The Morgan fingerprint density at radius 3 is 2.68 bits per heavy atom. The Morgan fingerprint density at radius 1 is 1.25 bits per heavy atom. The van der Waals surface area contributed by atoms with Crippen LogP contribution in [0.5, 0.6) is 5.88 Å². The Balaban J connectivity index is 1.78. The highest BCUT2D eigenvalue weighted by molar-refractivity contribution is 6.23. The number of fused-ring (bicyclic) bond motifs is 2. The van der Waals surface area contributed by atoms with Gasteiger partial charge in [-0.1, -0.05) is 50.3 Å². The predicted molar refractivity (Wildman–Crippen MR) is 101 cm³/mol. The summed E-state index contributed by atoms with van der Waals surface area (Å²) in [5.41, 5.74) is -0.372. The van der Waals surface area contributed by atoms with E-state index in [2.05, 4.69) is 5.16 Å². The number of carbonyl (C=O) groups is 2. The van der Waals surface area contributed by atoms with E-state index in [1.165, 1.54) is 13.2 Å². The fourth-order valence-electron chi connectivity index (χ4n) is 4.50. The number of hydrogen-bond donors (Lipinski definition) is 0. The monoisotopic (exact) mass is 381 g/mol. The third kappa shape index (κ3) is 2.63. The lowest BCUT2D eigenvalue weighted by atomic mass is 9.60. The van der Waals surface area contributed by atoms with Crippen molar-refractivity contribution in [1.82, 2.24) is 5.16 Å². The topological polar surface area (TPSA) is 78.6 Å². The third-order valence-electron chi connectivity index (χ3n) is 5.79. The first kappa shape index (κ1) is 18.6. The van der Waals surface area contributed by atoms with Gasteiger partial charge < -0.3 is 14.0 Å². The van der Waals surface area contributed by atoms with Crippen LogP contribution in [-0.2, 0) is 16.1 Å². The highest BCUT2D eigenvalue weighted by Gasteiger charge is 2.62. The first-order valence-corrected chi connectivity index (χ1v) is 9.48. The minimum absolute atomic E-state index is 0.117. The normalized spacial score (nSPS) is 26.3. The van der Waals surface area contributed by atoms with E-state index in [-0.39, 0.29) is 41.6 Å². The highest BCUT2D eigenvalue weighted by atomic mass is 16.5. The summed E-state index contributed by atoms with van der Waals surface area (Å²) in [4.78, 5) is 26.4. The molecule has 0 saturated carbocycles. The number of ether oxygens (including phenoxy) is 2. The SMILES string of the molecule is COC12C(=O)C=CCC1C(C(C)C)c1onc(OCc3ccccc3)c1C2=O. The maximum absolute atomic E-state index is 13.5. The molecule has 0 N–H and O–H groups in total. The molecule has 6 nitrogen and oxygen atoms in total. The Hall–Kier alpha value is -2.73. The molecule has 0 bridgehead atoms. The van der Waals surface area contributed by atoms with Gasteiger partial charge >= 0.3 is 0 Å². The fraction of sp³-hybridized carbons (Fsp3) is 0.409. The summed E-state index contributed by atoms with van der Waals surface area (Å²) in [6.07, 6.45) is 3.81. The smallest absolute Gasteiger partial charge is 0.265 e. The lowest BCUT2D eigenvalue weighted by molar-refractivity contribution is -0.139. The van der Waals surface area contributed by atoms with Gasteiger partial charge in [0.25, 0.3) is 5.88 Å². The molecule has 0 fully saturated rings. The minimum atomic E-state index is -1.55. The number of hydrogen-bond acceptors (Lipinski definition) is 6. The van der Waals surface area contributed by atoms with E-state index < -0.39 is 11.4 Å². The van der Waals surface area contributed by atoms with Gasteiger partial charge in [-0.05, 0) is 29.1 Å². The lowest BCUT2D eigenvalue weighted by Gasteiger charge is -2.45. The second-order valence-corrected chi connectivity index (χ2v) is 7.65. The van der Waals surface area contributed by atoms with Gasteiger partial charge in [-0.2, -0.15) is 0 Å². The Kier molecular flexibility index (Phi) is 4.67. The zero-order valence-corrected chi connectivity index (χ0v) is 16.2. The van der Waals surface area contributed by atoms with Crippen molar-refractivity contribution in [3.05, 3.63) is 59.4 Å². The molecule has 3 atom stereocenters. The van der Waals surface area contributed by atoms with Crippen molar-refractivity contribution < 1.29 is 23.6 Å². The van der Waals surface area contributed by atoms with Crippen molar-refractivity contribution in [3.8, 4) is 5.88 Å². The van der Waals surface area contributed by atoms with Gasteiger partial charge in [0, 0.05) is 18.9 Å². The minimum Gasteiger partial charge on any atom is -0.470 e. The number of ketones is 2. The molecule has 4 rings (SSSR count). The van der Waals surface area contributed by atoms with E-state index in [9.17, 15) is 9.59 Å². The van der Waals surface area contributed by atoms with Crippen molar-refractivity contribution >= 4 is 11.6 Å². The molecular weight excluding hydrogens is 358 g/mol. The number of methoxy groups -OCH3 is 1. The maximum Gasteiger partial charge on any atom is 0.265 e. The van der Waals surface area contributed by atoms with Crippen molar-refractivity contribution in [2.75, 3.05) is 7.11 Å². The highest BCUT2D eigenvalue weighted by Crippen LogP contribution is 2.52. The van der Waals surface area contributed by atoms with E-state index in [1.807, 2.05) is 44.2 Å². The zero-order chi connectivity index (χ0) is 19.9. The molecule has 1 aromatic carbocycles. The molecule has 2 aromatic rings. The summed E-state index contributed by atoms with van der Waals surface area (Å²) in [7, 11) is 1.42. The quantitative estimate of drug-likeness (QED) is 0.735. The van der Waals surface area contributed by atoms with E-state index in [4.69, 9.17) is 14.0 Å². The molecule has 3 unspecified atom stereocenters. The molecule has 1 aromatic heterocycles. The molecule has 0 amide bonds. The molecule has 0 spiro atoms. The van der Waals surface area contributed by atoms with Crippen LogP contribution >= 0.6 is 0 Å². The molecule has 2 aliphatic carbocycles. The molecule has 2 aliphatic rings. The average molecular weight is 381 g/mol. The summed E-state index contributed by atoms with van der Waals surface area (Å²) in [6, 6.07) is 9.59. The maximum atomic E-state index is 13.5. The summed E-state index contributed by atoms with van der Waals surface area (Å²) >= 11 is 0. The van der Waals surface area contributed by atoms with Crippen molar-refractivity contribution in [1.29, 1.82) is 0 Å². The number of allylic oxidation sites excluding steroid dienone is 1. The molecule has 0 aliphatic heterocycles. The van der Waals surface area contributed by atoms with E-state index in [1.54, 1.807) is 6.08 Å². The largest absolute Gasteiger partial charge is 0.470 e. The molecule has 0 saturated heterocycles. The van der Waals surface area contributed by atoms with Crippen LogP contribution < -0.4 is 4.74 Å². The van der Waals surface area contributed by atoms with Gasteiger partial charge in [-0.15, -0.1) is 0 Å². The van der Waals surface area contributed by atoms with Crippen LogP contribution in [0.1, 0.15) is 47.9 Å². The van der Waals surface area contributed by atoms with Crippen LogP contribution in [0.15, 0.2) is 47.0 Å². The number of benzene rings is 1. The van der Waals surface area contributed by atoms with Crippen molar-refractivity contribution in [3.63, 3.8) is 0 Å². The van der Waals surface area contributed by atoms with Crippen molar-refractivity contribution in [2.24, 2.45) is 11.8 Å². The molecular formula is C22H23NO5. The van der Waals surface area contributed by atoms with Crippen LogP contribution in [-0.4, -0.2) is 29.4 Å². The molecule has 1 heterocycles. The summed E-state index contributed by atoms with van der Waals surface area (Å²) in [6.45, 7) is 4.33. The van der Waals surface area contributed by atoms with Gasteiger partial charge in [0.1, 0.15) is 12.2 Å². The zero-order valence-electron chi connectivity index (χ0n) is 16.2. The molecule has 28 heavy (non-hydrogen) atoms. The summed E-state index contributed by atoms with van der Waals surface area (Å²) in [5, 5.41) is 4.04. The Morgan fingerprint density at radius 2 is 2.00 bits per heavy atom. The van der Waals surface area contributed by atoms with Gasteiger partial charge in [-0.25, -0.2) is 0 Å². The molecule has 146 valence electrons. The van der Waals surface area contributed by atoms with E-state index in [0.29, 0.717) is 12.2 Å². The molecule has 6 heteroatoms. The van der Waals surface area contributed by atoms with Crippen LogP contribution in [0.3, 0.4) is 0 Å². The number of Topliss-reactive ketones (excluding diaryl/α,β-unsaturated/α-hetero) is 1. The second-order valence-electron chi connectivity index (χ2n) is 7.65.